The molecule has 0 N–H and O–H groups in total. The molecule has 0 saturated carbocycles. The zero-order valence-electron chi connectivity index (χ0n) is 12.1. The molecular formula is C16H13FN2O2S. The first kappa shape index (κ1) is 14.6. The van der Waals surface area contributed by atoms with Crippen LogP contribution in [0.2, 0.25) is 0 Å². The van der Waals surface area contributed by atoms with Crippen LogP contribution in [-0.4, -0.2) is 15.3 Å². The lowest BCUT2D eigenvalue weighted by Crippen LogP contribution is -2.15. The molecule has 2 aromatic heterocycles. The van der Waals surface area contributed by atoms with Crippen molar-refractivity contribution in [2.45, 2.75) is 20.4 Å². The summed E-state index contributed by atoms with van der Waals surface area (Å²) in [5, 5.41) is 2.88. The highest BCUT2D eigenvalue weighted by molar-refractivity contribution is 7.09. The van der Waals surface area contributed by atoms with Crippen LogP contribution in [0.25, 0.3) is 22.2 Å². The van der Waals surface area contributed by atoms with Crippen molar-refractivity contribution < 1.29 is 9.18 Å². The zero-order chi connectivity index (χ0) is 15.9. The van der Waals surface area contributed by atoms with Crippen molar-refractivity contribution in [1.82, 2.24) is 9.55 Å². The lowest BCUT2D eigenvalue weighted by molar-refractivity contribution is -0.117. The topological polar surface area (TPSA) is 52.0 Å². The highest BCUT2D eigenvalue weighted by Crippen LogP contribution is 2.22. The molecule has 0 bridgehead atoms. The van der Waals surface area contributed by atoms with Gasteiger partial charge in [-0.1, -0.05) is 0 Å². The minimum Gasteiger partial charge on any atom is -0.339 e. The van der Waals surface area contributed by atoms with Crippen molar-refractivity contribution in [3.05, 3.63) is 50.8 Å². The highest BCUT2D eigenvalue weighted by atomic mass is 32.1. The van der Waals surface area contributed by atoms with Crippen LogP contribution in [0.4, 0.5) is 4.39 Å². The van der Waals surface area contributed by atoms with Crippen molar-refractivity contribution in [3.63, 3.8) is 0 Å². The number of Topliss-reactive ketones (excluding diaryl/α,β-unsaturated/α-hetero) is 1. The van der Waals surface area contributed by atoms with E-state index in [0.29, 0.717) is 16.8 Å². The Labute approximate surface area is 129 Å². The van der Waals surface area contributed by atoms with Gasteiger partial charge in [0.25, 0.3) is 0 Å². The first-order valence-corrected chi connectivity index (χ1v) is 7.58. The van der Waals surface area contributed by atoms with E-state index in [1.165, 1.54) is 36.5 Å². The Bertz CT molecular complexity index is 943. The maximum Gasteiger partial charge on any atom is 0.198 e. The average molecular weight is 316 g/mol. The zero-order valence-corrected chi connectivity index (χ0v) is 12.9. The Balaban J connectivity index is 2.35. The number of nitrogens with zero attached hydrogens (tertiary/aromatic N) is 2. The van der Waals surface area contributed by atoms with Crippen molar-refractivity contribution in [2.24, 2.45) is 0 Å². The van der Waals surface area contributed by atoms with Crippen LogP contribution >= 0.6 is 11.3 Å². The standard InChI is InChI=1S/C16H13FN2O2S/c1-9(20)6-19-7-13(14-8-22-10(2)18-14)16(21)12-5-11(17)3-4-15(12)19/h3-5,7-8H,6H2,1-2H3. The summed E-state index contributed by atoms with van der Waals surface area (Å²) in [4.78, 5) is 28.4. The van der Waals surface area contributed by atoms with E-state index in [1.54, 1.807) is 16.1 Å². The number of carbonyl (C=O) groups excluding carboxylic acids is 1. The van der Waals surface area contributed by atoms with E-state index in [0.717, 1.165) is 5.01 Å². The van der Waals surface area contributed by atoms with Crippen molar-refractivity contribution >= 4 is 28.0 Å². The van der Waals surface area contributed by atoms with E-state index in [1.807, 2.05) is 6.92 Å². The number of aryl methyl sites for hydroxylation is 1. The third-order valence-corrected chi connectivity index (χ3v) is 4.10. The molecule has 2 heterocycles. The third kappa shape index (κ3) is 2.57. The maximum absolute atomic E-state index is 13.5. The third-order valence-electron chi connectivity index (χ3n) is 3.33. The summed E-state index contributed by atoms with van der Waals surface area (Å²) in [7, 11) is 0. The number of carbonyl (C=O) groups is 1. The summed E-state index contributed by atoms with van der Waals surface area (Å²) in [5.74, 6) is -0.528. The first-order chi connectivity index (χ1) is 10.5. The van der Waals surface area contributed by atoms with E-state index in [2.05, 4.69) is 4.98 Å². The van der Waals surface area contributed by atoms with Crippen molar-refractivity contribution in [3.8, 4) is 11.3 Å². The lowest BCUT2D eigenvalue weighted by Gasteiger charge is -2.11. The molecule has 3 aromatic rings. The highest BCUT2D eigenvalue weighted by Gasteiger charge is 2.14. The molecule has 0 fully saturated rings. The van der Waals surface area contributed by atoms with E-state index < -0.39 is 5.82 Å². The van der Waals surface area contributed by atoms with Crippen LogP contribution in [0.15, 0.2) is 34.6 Å². The van der Waals surface area contributed by atoms with Gasteiger partial charge in [0.1, 0.15) is 11.6 Å². The van der Waals surface area contributed by atoms with E-state index in [-0.39, 0.29) is 23.1 Å². The van der Waals surface area contributed by atoms with Gasteiger partial charge in [-0.3, -0.25) is 9.59 Å². The summed E-state index contributed by atoms with van der Waals surface area (Å²) in [6.07, 6.45) is 1.62. The summed E-state index contributed by atoms with van der Waals surface area (Å²) >= 11 is 1.44. The normalized spacial score (nSPS) is 11.0. The van der Waals surface area contributed by atoms with Gasteiger partial charge in [0, 0.05) is 17.0 Å². The van der Waals surface area contributed by atoms with Crippen LogP contribution in [0.1, 0.15) is 11.9 Å². The second-order valence-corrected chi connectivity index (χ2v) is 6.18. The number of hydrogen-bond acceptors (Lipinski definition) is 4. The van der Waals surface area contributed by atoms with E-state index in [9.17, 15) is 14.0 Å². The number of thiazole rings is 1. The van der Waals surface area contributed by atoms with Gasteiger partial charge in [0.15, 0.2) is 5.43 Å². The smallest absolute Gasteiger partial charge is 0.198 e. The number of hydrogen-bond donors (Lipinski definition) is 0. The first-order valence-electron chi connectivity index (χ1n) is 6.70. The Kier molecular flexibility index (Phi) is 3.62. The summed E-state index contributed by atoms with van der Waals surface area (Å²) in [6.45, 7) is 3.45. The molecule has 0 aliphatic rings. The molecule has 0 radical (unpaired) electrons. The number of halogens is 1. The Hall–Kier alpha value is -2.34. The monoisotopic (exact) mass is 316 g/mol. The van der Waals surface area contributed by atoms with Gasteiger partial charge in [-0.25, -0.2) is 9.37 Å². The van der Waals surface area contributed by atoms with Crippen LogP contribution in [0, 0.1) is 12.7 Å². The Morgan fingerprint density at radius 2 is 2.18 bits per heavy atom. The predicted octanol–water partition coefficient (Wildman–Crippen LogP) is 3.16. The fourth-order valence-electron chi connectivity index (χ4n) is 2.41. The number of pyridine rings is 1. The lowest BCUT2D eigenvalue weighted by atomic mass is 10.1. The fourth-order valence-corrected chi connectivity index (χ4v) is 3.02. The fraction of sp³-hybridized carbons (Fsp3) is 0.188. The molecule has 6 heteroatoms. The van der Waals surface area contributed by atoms with Crippen LogP contribution in [0.3, 0.4) is 0 Å². The molecule has 0 aliphatic carbocycles. The SMILES string of the molecule is CC(=O)Cn1cc(-c2csc(C)n2)c(=O)c2cc(F)ccc21. The van der Waals surface area contributed by atoms with Gasteiger partial charge in [-0.05, 0) is 32.0 Å². The van der Waals surface area contributed by atoms with Crippen LogP contribution in [-0.2, 0) is 11.3 Å². The summed E-state index contributed by atoms with van der Waals surface area (Å²) < 4.78 is 15.2. The van der Waals surface area contributed by atoms with Gasteiger partial charge in [0.2, 0.25) is 0 Å². The largest absolute Gasteiger partial charge is 0.339 e. The molecule has 112 valence electrons. The average Bonchev–Trinajstić information content (AvgIpc) is 2.88. The molecule has 0 spiro atoms. The molecule has 0 unspecified atom stereocenters. The van der Waals surface area contributed by atoms with Gasteiger partial charge >= 0.3 is 0 Å². The number of fused-ring (bicyclic) bond motifs is 1. The second-order valence-electron chi connectivity index (χ2n) is 5.12. The van der Waals surface area contributed by atoms with Gasteiger partial charge in [-0.2, -0.15) is 0 Å². The summed E-state index contributed by atoms with van der Waals surface area (Å²) in [5.41, 5.74) is 1.19. The molecule has 3 rings (SSSR count). The molecule has 0 atom stereocenters. The van der Waals surface area contributed by atoms with E-state index in [4.69, 9.17) is 0 Å². The molecule has 1 aromatic carbocycles. The minimum atomic E-state index is -0.481. The number of benzene rings is 1. The molecule has 22 heavy (non-hydrogen) atoms. The van der Waals surface area contributed by atoms with Gasteiger partial charge < -0.3 is 4.57 Å². The number of aromatic nitrogens is 2. The molecular weight excluding hydrogens is 303 g/mol. The van der Waals surface area contributed by atoms with Crippen molar-refractivity contribution in [2.75, 3.05) is 0 Å². The van der Waals surface area contributed by atoms with Crippen LogP contribution < -0.4 is 5.43 Å². The molecule has 0 amide bonds. The number of rotatable bonds is 3. The van der Waals surface area contributed by atoms with E-state index >= 15 is 0 Å². The minimum absolute atomic E-state index is 0.0466. The van der Waals surface area contributed by atoms with Gasteiger partial charge in [0.05, 0.1) is 28.3 Å². The maximum atomic E-state index is 13.5. The summed E-state index contributed by atoms with van der Waals surface area (Å²) in [6, 6.07) is 4.01. The van der Waals surface area contributed by atoms with Crippen molar-refractivity contribution in [1.29, 1.82) is 0 Å². The Morgan fingerprint density at radius 3 is 2.82 bits per heavy atom. The second kappa shape index (κ2) is 5.46. The number of ketones is 1. The molecule has 0 saturated heterocycles. The molecule has 0 aliphatic heterocycles. The predicted molar refractivity (Wildman–Crippen MR) is 84.7 cm³/mol. The Morgan fingerprint density at radius 1 is 1.41 bits per heavy atom. The van der Waals surface area contributed by atoms with Crippen LogP contribution in [0.5, 0.6) is 0 Å². The molecule has 4 nitrogen and oxygen atoms in total. The quantitative estimate of drug-likeness (QED) is 0.746. The van der Waals surface area contributed by atoms with Gasteiger partial charge in [-0.15, -0.1) is 11.3 Å².